The standard InChI is InChI=1S/C21H24N2O2/c1-13-18(14-7-4-5-8-16(14)23-13)19-15(21(19,2)3)10-11-22-20(24)17-9-6-12-25-17/h4-9,12,15,19,23H,10-11H2,1-3H3,(H,22,24)/t15-,19+/m0/s1. The fourth-order valence-electron chi connectivity index (χ4n) is 4.39. The molecule has 25 heavy (non-hydrogen) atoms. The molecule has 4 heteroatoms. The molecule has 0 spiro atoms. The van der Waals surface area contributed by atoms with E-state index in [2.05, 4.69) is 55.3 Å². The summed E-state index contributed by atoms with van der Waals surface area (Å²) in [4.78, 5) is 15.5. The highest BCUT2D eigenvalue weighted by Crippen LogP contribution is 2.67. The van der Waals surface area contributed by atoms with Gasteiger partial charge in [-0.25, -0.2) is 0 Å². The topological polar surface area (TPSA) is 58.0 Å². The van der Waals surface area contributed by atoms with Crippen molar-refractivity contribution in [1.29, 1.82) is 0 Å². The molecule has 2 aromatic heterocycles. The van der Waals surface area contributed by atoms with Gasteiger partial charge in [-0.2, -0.15) is 0 Å². The van der Waals surface area contributed by atoms with Crippen molar-refractivity contribution in [1.82, 2.24) is 10.3 Å². The van der Waals surface area contributed by atoms with Crippen molar-refractivity contribution in [3.05, 3.63) is 59.7 Å². The Kier molecular flexibility index (Phi) is 3.71. The number of H-pyrrole nitrogens is 1. The Bertz CT molecular complexity index is 905. The Hall–Kier alpha value is -2.49. The van der Waals surface area contributed by atoms with Crippen LogP contribution in [-0.4, -0.2) is 17.4 Å². The lowest BCUT2D eigenvalue weighted by molar-refractivity contribution is 0.0924. The van der Waals surface area contributed by atoms with Crippen molar-refractivity contribution < 1.29 is 9.21 Å². The Labute approximate surface area is 147 Å². The van der Waals surface area contributed by atoms with E-state index in [1.807, 2.05) is 0 Å². The molecule has 1 saturated carbocycles. The van der Waals surface area contributed by atoms with Crippen LogP contribution >= 0.6 is 0 Å². The number of rotatable bonds is 5. The fraction of sp³-hybridized carbons (Fsp3) is 0.381. The maximum atomic E-state index is 12.0. The summed E-state index contributed by atoms with van der Waals surface area (Å²) >= 11 is 0. The molecule has 1 aromatic carbocycles. The normalized spacial score (nSPS) is 21.4. The third-order valence-corrected chi connectivity index (χ3v) is 5.79. The van der Waals surface area contributed by atoms with Crippen molar-refractivity contribution in [2.24, 2.45) is 11.3 Å². The fourth-order valence-corrected chi connectivity index (χ4v) is 4.39. The summed E-state index contributed by atoms with van der Waals surface area (Å²) < 4.78 is 5.14. The second kappa shape index (κ2) is 5.80. The molecule has 4 nitrogen and oxygen atoms in total. The van der Waals surface area contributed by atoms with Gasteiger partial charge in [-0.15, -0.1) is 0 Å². The van der Waals surface area contributed by atoms with Gasteiger partial charge in [0.15, 0.2) is 5.76 Å². The molecular formula is C21H24N2O2. The van der Waals surface area contributed by atoms with Gasteiger partial charge in [0.25, 0.3) is 5.91 Å². The van der Waals surface area contributed by atoms with Crippen LogP contribution in [0.4, 0.5) is 0 Å². The Morgan fingerprint density at radius 2 is 2.04 bits per heavy atom. The van der Waals surface area contributed by atoms with Crippen LogP contribution in [0.3, 0.4) is 0 Å². The van der Waals surface area contributed by atoms with E-state index < -0.39 is 0 Å². The van der Waals surface area contributed by atoms with E-state index in [4.69, 9.17) is 4.42 Å². The molecular weight excluding hydrogens is 312 g/mol. The maximum absolute atomic E-state index is 12.0. The summed E-state index contributed by atoms with van der Waals surface area (Å²) in [5.74, 6) is 1.34. The lowest BCUT2D eigenvalue weighted by Crippen LogP contribution is -2.24. The number of aromatic nitrogens is 1. The van der Waals surface area contributed by atoms with Gasteiger partial charge >= 0.3 is 0 Å². The van der Waals surface area contributed by atoms with E-state index in [1.54, 1.807) is 12.1 Å². The average Bonchev–Trinajstić information content (AvgIpc) is 3.00. The first-order valence-corrected chi connectivity index (χ1v) is 8.89. The van der Waals surface area contributed by atoms with E-state index >= 15 is 0 Å². The highest BCUT2D eigenvalue weighted by Gasteiger charge is 2.58. The zero-order valence-corrected chi connectivity index (χ0v) is 14.9. The van der Waals surface area contributed by atoms with Crippen LogP contribution < -0.4 is 5.32 Å². The number of carbonyl (C=O) groups excluding carboxylic acids is 1. The molecule has 2 N–H and O–H groups in total. The smallest absolute Gasteiger partial charge is 0.286 e. The van der Waals surface area contributed by atoms with Gasteiger partial charge in [0.2, 0.25) is 0 Å². The highest BCUT2D eigenvalue weighted by atomic mass is 16.3. The van der Waals surface area contributed by atoms with E-state index in [0.717, 1.165) is 6.42 Å². The first-order valence-electron chi connectivity index (χ1n) is 8.89. The second-order valence-electron chi connectivity index (χ2n) is 7.64. The monoisotopic (exact) mass is 336 g/mol. The molecule has 1 aliphatic rings. The molecule has 0 bridgehead atoms. The van der Waals surface area contributed by atoms with Crippen LogP contribution in [0.15, 0.2) is 47.1 Å². The summed E-state index contributed by atoms with van der Waals surface area (Å²) in [5.41, 5.74) is 4.18. The third kappa shape index (κ3) is 2.66. The minimum atomic E-state index is -0.136. The van der Waals surface area contributed by atoms with E-state index in [9.17, 15) is 4.79 Å². The van der Waals surface area contributed by atoms with E-state index in [1.165, 1.54) is 28.4 Å². The third-order valence-electron chi connectivity index (χ3n) is 5.79. The quantitative estimate of drug-likeness (QED) is 0.714. The summed E-state index contributed by atoms with van der Waals surface area (Å²) in [6.45, 7) is 7.50. The number of hydrogen-bond donors (Lipinski definition) is 2. The lowest BCUT2D eigenvalue weighted by atomic mass is 10.0. The summed E-state index contributed by atoms with van der Waals surface area (Å²) in [6.07, 6.45) is 2.50. The predicted octanol–water partition coefficient (Wildman–Crippen LogP) is 4.63. The molecule has 1 aliphatic carbocycles. The minimum absolute atomic E-state index is 0.136. The Balaban J connectivity index is 1.47. The minimum Gasteiger partial charge on any atom is -0.459 e. The summed E-state index contributed by atoms with van der Waals surface area (Å²) in [5, 5.41) is 4.30. The van der Waals surface area contributed by atoms with Gasteiger partial charge in [-0.1, -0.05) is 32.0 Å². The number of carbonyl (C=O) groups is 1. The van der Waals surface area contributed by atoms with Crippen LogP contribution in [0.1, 0.15) is 48.0 Å². The number of aryl methyl sites for hydroxylation is 1. The van der Waals surface area contributed by atoms with Gasteiger partial charge in [0.1, 0.15) is 0 Å². The van der Waals surface area contributed by atoms with Crippen LogP contribution in [0.5, 0.6) is 0 Å². The number of benzene rings is 1. The Morgan fingerprint density at radius 3 is 2.80 bits per heavy atom. The van der Waals surface area contributed by atoms with Gasteiger partial charge in [-0.3, -0.25) is 4.79 Å². The van der Waals surface area contributed by atoms with Crippen molar-refractivity contribution in [2.75, 3.05) is 6.54 Å². The lowest BCUT2D eigenvalue weighted by Gasteiger charge is -2.04. The number of amides is 1. The number of aromatic amines is 1. The molecule has 1 amide bonds. The molecule has 4 rings (SSSR count). The van der Waals surface area contributed by atoms with E-state index in [-0.39, 0.29) is 11.3 Å². The SMILES string of the molecule is Cc1[nH]c2ccccc2c1[C@H]1[C@H](CCNC(=O)c2ccco2)C1(C)C. The van der Waals surface area contributed by atoms with Gasteiger partial charge in [0, 0.05) is 23.1 Å². The maximum Gasteiger partial charge on any atom is 0.286 e. The van der Waals surface area contributed by atoms with Crippen LogP contribution in [-0.2, 0) is 0 Å². The number of hydrogen-bond acceptors (Lipinski definition) is 2. The zero-order chi connectivity index (χ0) is 17.6. The zero-order valence-electron chi connectivity index (χ0n) is 14.9. The van der Waals surface area contributed by atoms with Gasteiger partial charge in [0.05, 0.1) is 6.26 Å². The van der Waals surface area contributed by atoms with Crippen molar-refractivity contribution in [2.45, 2.75) is 33.1 Å². The van der Waals surface area contributed by atoms with Crippen molar-refractivity contribution in [3.8, 4) is 0 Å². The molecule has 2 atom stereocenters. The molecule has 3 aromatic rings. The first-order chi connectivity index (χ1) is 12.0. The van der Waals surface area contributed by atoms with Crippen LogP contribution in [0, 0.1) is 18.3 Å². The first kappa shape index (κ1) is 16.0. The number of furan rings is 1. The summed E-state index contributed by atoms with van der Waals surface area (Å²) in [7, 11) is 0. The largest absolute Gasteiger partial charge is 0.459 e. The molecule has 0 unspecified atom stereocenters. The molecule has 2 heterocycles. The van der Waals surface area contributed by atoms with Crippen molar-refractivity contribution in [3.63, 3.8) is 0 Å². The number of para-hydroxylation sites is 1. The summed E-state index contributed by atoms with van der Waals surface area (Å²) in [6, 6.07) is 11.9. The highest BCUT2D eigenvalue weighted by molar-refractivity contribution is 5.91. The number of fused-ring (bicyclic) bond motifs is 1. The van der Waals surface area contributed by atoms with Crippen LogP contribution in [0.25, 0.3) is 10.9 Å². The average molecular weight is 336 g/mol. The van der Waals surface area contributed by atoms with Gasteiger partial charge in [-0.05, 0) is 54.4 Å². The molecule has 130 valence electrons. The second-order valence-corrected chi connectivity index (χ2v) is 7.64. The van der Waals surface area contributed by atoms with Crippen molar-refractivity contribution >= 4 is 16.8 Å². The van der Waals surface area contributed by atoms with Crippen LogP contribution in [0.2, 0.25) is 0 Å². The molecule has 0 aliphatic heterocycles. The Morgan fingerprint density at radius 1 is 1.24 bits per heavy atom. The molecule has 0 radical (unpaired) electrons. The number of nitrogens with one attached hydrogen (secondary N) is 2. The molecule has 0 saturated heterocycles. The predicted molar refractivity (Wildman–Crippen MR) is 98.7 cm³/mol. The molecule has 1 fully saturated rings. The van der Waals surface area contributed by atoms with E-state index in [0.29, 0.717) is 24.1 Å². The van der Waals surface area contributed by atoms with Gasteiger partial charge < -0.3 is 14.7 Å².